The maximum Gasteiger partial charge on any atom is 0.246 e. The van der Waals surface area contributed by atoms with Crippen LogP contribution in [-0.4, -0.2) is 60.2 Å². The Kier molecular flexibility index (Phi) is 5.97. The average Bonchev–Trinajstić information content (AvgIpc) is 3.44. The van der Waals surface area contributed by atoms with E-state index in [0.717, 1.165) is 49.9 Å². The topological polar surface area (TPSA) is 60.9 Å². The molecule has 0 atom stereocenters. The average molecular weight is 396 g/mol. The lowest BCUT2D eigenvalue weighted by Crippen LogP contribution is -2.51. The van der Waals surface area contributed by atoms with Crippen LogP contribution in [0.15, 0.2) is 30.3 Å². The van der Waals surface area contributed by atoms with Crippen LogP contribution in [0.3, 0.4) is 0 Å². The maximum absolute atomic E-state index is 12.5. The first-order chi connectivity index (χ1) is 14.1. The fraction of sp³-hybridized carbons (Fsp3) is 0.522. The molecule has 4 rings (SSSR count). The minimum absolute atomic E-state index is 0.0169. The van der Waals surface area contributed by atoms with Gasteiger partial charge in [-0.1, -0.05) is 25.0 Å². The minimum atomic E-state index is -0.0169. The third kappa shape index (κ3) is 4.52. The van der Waals surface area contributed by atoms with Crippen LogP contribution in [0.1, 0.15) is 44.1 Å². The molecule has 154 valence electrons. The van der Waals surface area contributed by atoms with Gasteiger partial charge in [-0.25, -0.2) is 0 Å². The summed E-state index contributed by atoms with van der Waals surface area (Å²) in [6.07, 6.45) is 9.31. The molecule has 29 heavy (non-hydrogen) atoms. The van der Waals surface area contributed by atoms with Crippen LogP contribution in [0.25, 0.3) is 6.08 Å². The normalized spacial score (nSPS) is 20.8. The Bertz CT molecular complexity index is 788. The molecule has 1 aromatic carbocycles. The van der Waals surface area contributed by atoms with E-state index < -0.39 is 0 Å². The lowest BCUT2D eigenvalue weighted by Gasteiger charge is -2.35. The van der Waals surface area contributed by atoms with Crippen LogP contribution in [0.4, 0.5) is 5.69 Å². The smallest absolute Gasteiger partial charge is 0.246 e. The first-order valence-corrected chi connectivity index (χ1v) is 10.8. The zero-order valence-corrected chi connectivity index (χ0v) is 16.9. The van der Waals surface area contributed by atoms with E-state index in [4.69, 9.17) is 0 Å². The number of hydrogen-bond donors (Lipinski definition) is 0. The van der Waals surface area contributed by atoms with Gasteiger partial charge in [-0.05, 0) is 43.0 Å². The van der Waals surface area contributed by atoms with Gasteiger partial charge in [0, 0.05) is 56.8 Å². The number of anilines is 1. The Morgan fingerprint density at radius 2 is 1.52 bits per heavy atom. The highest BCUT2D eigenvalue weighted by Crippen LogP contribution is 2.27. The van der Waals surface area contributed by atoms with Crippen molar-refractivity contribution >= 4 is 29.5 Å². The second-order valence-electron chi connectivity index (χ2n) is 8.21. The summed E-state index contributed by atoms with van der Waals surface area (Å²) in [6.45, 7) is 3.23. The van der Waals surface area contributed by atoms with Gasteiger partial charge in [0.2, 0.25) is 17.7 Å². The second-order valence-corrected chi connectivity index (χ2v) is 8.21. The Morgan fingerprint density at radius 3 is 2.14 bits per heavy atom. The van der Waals surface area contributed by atoms with Crippen molar-refractivity contribution < 1.29 is 14.4 Å². The van der Waals surface area contributed by atoms with Crippen molar-refractivity contribution in [3.05, 3.63) is 35.9 Å². The number of piperazine rings is 1. The molecule has 0 unspecified atom stereocenters. The Labute approximate surface area is 172 Å². The molecular weight excluding hydrogens is 366 g/mol. The summed E-state index contributed by atoms with van der Waals surface area (Å²) in [5, 5.41) is 0. The summed E-state index contributed by atoms with van der Waals surface area (Å²) in [5.74, 6) is 0.642. The first kappa shape index (κ1) is 19.7. The Morgan fingerprint density at radius 1 is 0.862 bits per heavy atom. The van der Waals surface area contributed by atoms with Crippen LogP contribution in [0.5, 0.6) is 0 Å². The van der Waals surface area contributed by atoms with Crippen molar-refractivity contribution in [2.24, 2.45) is 5.92 Å². The number of rotatable bonds is 4. The molecule has 1 aliphatic carbocycles. The molecular formula is C23H29N3O3. The van der Waals surface area contributed by atoms with Gasteiger partial charge in [-0.2, -0.15) is 0 Å². The fourth-order valence-corrected chi connectivity index (χ4v) is 4.54. The van der Waals surface area contributed by atoms with Gasteiger partial charge in [0.05, 0.1) is 0 Å². The Hall–Kier alpha value is -2.63. The third-order valence-corrected chi connectivity index (χ3v) is 6.30. The third-order valence-electron chi connectivity index (χ3n) is 6.30. The second kappa shape index (κ2) is 8.80. The molecule has 2 aliphatic heterocycles. The fourth-order valence-electron chi connectivity index (χ4n) is 4.54. The zero-order valence-electron chi connectivity index (χ0n) is 16.9. The number of carbonyl (C=O) groups is 3. The zero-order chi connectivity index (χ0) is 20.2. The molecule has 0 N–H and O–H groups in total. The highest BCUT2D eigenvalue weighted by atomic mass is 16.2. The molecule has 1 saturated carbocycles. The minimum Gasteiger partial charge on any atom is -0.339 e. The van der Waals surface area contributed by atoms with E-state index >= 15 is 0 Å². The van der Waals surface area contributed by atoms with E-state index in [1.807, 2.05) is 45.0 Å². The monoisotopic (exact) mass is 395 g/mol. The summed E-state index contributed by atoms with van der Waals surface area (Å²) >= 11 is 0. The lowest BCUT2D eigenvalue weighted by atomic mass is 10.1. The van der Waals surface area contributed by atoms with E-state index in [1.165, 1.54) is 0 Å². The van der Waals surface area contributed by atoms with E-state index in [-0.39, 0.29) is 23.6 Å². The number of benzene rings is 1. The van der Waals surface area contributed by atoms with E-state index in [0.29, 0.717) is 32.6 Å². The SMILES string of the molecule is O=C(/C=C/c1ccc(N2CCCC2=O)cc1)N1CCN(C(=O)C2CCCC2)CC1. The molecule has 3 aliphatic rings. The molecule has 6 heteroatoms. The van der Waals surface area contributed by atoms with Crippen molar-refractivity contribution in [2.75, 3.05) is 37.6 Å². The first-order valence-electron chi connectivity index (χ1n) is 10.8. The van der Waals surface area contributed by atoms with E-state index in [1.54, 1.807) is 6.08 Å². The van der Waals surface area contributed by atoms with Gasteiger partial charge < -0.3 is 14.7 Å². The van der Waals surface area contributed by atoms with Gasteiger partial charge in [0.25, 0.3) is 0 Å². The van der Waals surface area contributed by atoms with Crippen LogP contribution >= 0.6 is 0 Å². The highest BCUT2D eigenvalue weighted by Gasteiger charge is 2.30. The van der Waals surface area contributed by atoms with E-state index in [2.05, 4.69) is 0 Å². The number of nitrogens with zero attached hydrogens (tertiary/aromatic N) is 3. The van der Waals surface area contributed by atoms with Crippen molar-refractivity contribution in [2.45, 2.75) is 38.5 Å². The largest absolute Gasteiger partial charge is 0.339 e. The summed E-state index contributed by atoms with van der Waals surface area (Å²) in [4.78, 5) is 42.4. The molecule has 6 nitrogen and oxygen atoms in total. The van der Waals surface area contributed by atoms with Crippen LogP contribution in [-0.2, 0) is 14.4 Å². The molecule has 0 aromatic heterocycles. The summed E-state index contributed by atoms with van der Waals surface area (Å²) < 4.78 is 0. The molecule has 2 saturated heterocycles. The quantitative estimate of drug-likeness (QED) is 0.737. The number of hydrogen-bond acceptors (Lipinski definition) is 3. The van der Waals surface area contributed by atoms with Crippen LogP contribution < -0.4 is 4.90 Å². The highest BCUT2D eigenvalue weighted by molar-refractivity contribution is 5.95. The number of carbonyl (C=O) groups excluding carboxylic acids is 3. The maximum atomic E-state index is 12.5. The van der Waals surface area contributed by atoms with E-state index in [9.17, 15) is 14.4 Å². The van der Waals surface area contributed by atoms with Crippen LogP contribution in [0.2, 0.25) is 0 Å². The molecule has 1 aromatic rings. The molecule has 0 bridgehead atoms. The van der Waals surface area contributed by atoms with Crippen molar-refractivity contribution in [3.8, 4) is 0 Å². The van der Waals surface area contributed by atoms with Gasteiger partial charge in [0.1, 0.15) is 0 Å². The predicted octanol–water partition coefficient (Wildman–Crippen LogP) is 2.69. The molecule has 3 fully saturated rings. The molecule has 2 heterocycles. The van der Waals surface area contributed by atoms with Crippen molar-refractivity contribution in [3.63, 3.8) is 0 Å². The summed E-state index contributed by atoms with van der Waals surface area (Å²) in [7, 11) is 0. The number of amides is 3. The molecule has 0 spiro atoms. The lowest BCUT2D eigenvalue weighted by molar-refractivity contribution is -0.140. The summed E-state index contributed by atoms with van der Waals surface area (Å²) in [5.41, 5.74) is 1.85. The molecule has 0 radical (unpaired) electrons. The van der Waals surface area contributed by atoms with Gasteiger partial charge in [0.15, 0.2) is 0 Å². The standard InChI is InChI=1S/C23H29N3O3/c27-21(24-14-16-25(17-15-24)23(29)19-4-1-2-5-19)12-9-18-7-10-20(11-8-18)26-13-3-6-22(26)28/h7-12,19H,1-6,13-17H2/b12-9+. The van der Waals surface area contributed by atoms with Gasteiger partial charge in [-0.15, -0.1) is 0 Å². The summed E-state index contributed by atoms with van der Waals surface area (Å²) in [6, 6.07) is 7.73. The molecule has 3 amide bonds. The van der Waals surface area contributed by atoms with Crippen molar-refractivity contribution in [1.29, 1.82) is 0 Å². The Balaban J connectivity index is 1.27. The van der Waals surface area contributed by atoms with Gasteiger partial charge >= 0.3 is 0 Å². The van der Waals surface area contributed by atoms with Crippen LogP contribution in [0, 0.1) is 5.92 Å². The van der Waals surface area contributed by atoms with Gasteiger partial charge in [-0.3, -0.25) is 14.4 Å². The van der Waals surface area contributed by atoms with Crippen molar-refractivity contribution in [1.82, 2.24) is 9.80 Å². The predicted molar refractivity (Wildman–Crippen MR) is 112 cm³/mol.